The second-order valence-electron chi connectivity index (χ2n) is 3.08. The van der Waals surface area contributed by atoms with Gasteiger partial charge in [-0.05, 0) is 0 Å². The summed E-state index contributed by atoms with van der Waals surface area (Å²) in [6.07, 6.45) is 4.72. The van der Waals surface area contributed by atoms with E-state index < -0.39 is 0 Å². The smallest absolute Gasteiger partial charge is 0.276 e. The summed E-state index contributed by atoms with van der Waals surface area (Å²) in [6, 6.07) is 1.53. The molecule has 2 aromatic rings. The Morgan fingerprint density at radius 1 is 1.67 bits per heavy atom. The third-order valence-corrected chi connectivity index (χ3v) is 1.95. The zero-order chi connectivity index (χ0) is 10.7. The number of imidazole rings is 1. The molecule has 2 rings (SSSR count). The van der Waals surface area contributed by atoms with E-state index in [9.17, 15) is 4.79 Å². The van der Waals surface area contributed by atoms with E-state index in [1.54, 1.807) is 19.4 Å². The molecule has 0 unspecified atom stereocenters. The van der Waals surface area contributed by atoms with E-state index in [0.29, 0.717) is 12.2 Å². The molecule has 6 nitrogen and oxygen atoms in total. The molecule has 6 heteroatoms. The van der Waals surface area contributed by atoms with Crippen LogP contribution in [0.3, 0.4) is 0 Å². The van der Waals surface area contributed by atoms with Crippen LogP contribution >= 0.6 is 0 Å². The fraction of sp³-hybridized carbons (Fsp3) is 0.222. The Morgan fingerprint density at radius 2 is 2.53 bits per heavy atom. The summed E-state index contributed by atoms with van der Waals surface area (Å²) in [5, 5.41) is 3.57. The topological polar surface area (TPSA) is 75.0 Å². The normalized spacial score (nSPS) is 10.2. The molecule has 0 aliphatic rings. The van der Waals surface area contributed by atoms with Gasteiger partial charge in [0.2, 0.25) is 0 Å². The molecule has 0 aromatic carbocycles. The van der Waals surface area contributed by atoms with Crippen molar-refractivity contribution in [3.05, 3.63) is 36.2 Å². The molecule has 0 bridgehead atoms. The third kappa shape index (κ3) is 2.04. The summed E-state index contributed by atoms with van der Waals surface area (Å²) >= 11 is 0. The maximum Gasteiger partial charge on any atom is 0.276 e. The number of aromatic nitrogens is 3. The van der Waals surface area contributed by atoms with Crippen LogP contribution in [0.1, 0.15) is 16.3 Å². The van der Waals surface area contributed by atoms with Crippen LogP contribution in [0.25, 0.3) is 0 Å². The van der Waals surface area contributed by atoms with Crippen LogP contribution < -0.4 is 0 Å². The number of carbonyl (C=O) groups excluding carboxylic acids is 1. The summed E-state index contributed by atoms with van der Waals surface area (Å²) in [6.45, 7) is 0.415. The lowest BCUT2D eigenvalue weighted by molar-refractivity contribution is 0.0771. The van der Waals surface area contributed by atoms with E-state index >= 15 is 0 Å². The average Bonchev–Trinajstić information content (AvgIpc) is 2.88. The molecule has 0 spiro atoms. The number of nitrogens with zero attached hydrogens (tertiary/aromatic N) is 3. The van der Waals surface area contributed by atoms with Crippen molar-refractivity contribution >= 4 is 5.91 Å². The van der Waals surface area contributed by atoms with E-state index in [4.69, 9.17) is 0 Å². The molecule has 78 valence electrons. The molecule has 2 aromatic heterocycles. The van der Waals surface area contributed by atoms with Crippen LogP contribution in [-0.2, 0) is 6.54 Å². The number of hydrogen-bond donors (Lipinski definition) is 1. The first-order valence-corrected chi connectivity index (χ1v) is 4.41. The van der Waals surface area contributed by atoms with Gasteiger partial charge >= 0.3 is 0 Å². The lowest BCUT2D eigenvalue weighted by Gasteiger charge is -2.13. The highest BCUT2D eigenvalue weighted by molar-refractivity contribution is 5.91. The van der Waals surface area contributed by atoms with Crippen molar-refractivity contribution < 1.29 is 9.32 Å². The Balaban J connectivity index is 2.03. The Bertz CT molecular complexity index is 421. The average molecular weight is 206 g/mol. The summed E-state index contributed by atoms with van der Waals surface area (Å²) in [4.78, 5) is 20.2. The number of amides is 1. The van der Waals surface area contributed by atoms with E-state index in [0.717, 1.165) is 5.82 Å². The van der Waals surface area contributed by atoms with E-state index in [2.05, 4.69) is 19.6 Å². The molecule has 0 aliphatic carbocycles. The van der Waals surface area contributed by atoms with E-state index in [1.807, 2.05) is 0 Å². The molecule has 1 N–H and O–H groups in total. The maximum absolute atomic E-state index is 11.7. The first-order valence-electron chi connectivity index (χ1n) is 4.41. The summed E-state index contributed by atoms with van der Waals surface area (Å²) in [5.74, 6) is 0.537. The van der Waals surface area contributed by atoms with Crippen molar-refractivity contribution in [2.45, 2.75) is 6.54 Å². The highest BCUT2D eigenvalue weighted by Gasteiger charge is 2.15. The fourth-order valence-corrected chi connectivity index (χ4v) is 1.20. The van der Waals surface area contributed by atoms with Crippen molar-refractivity contribution in [2.75, 3.05) is 7.05 Å². The Labute approximate surface area is 85.9 Å². The molecule has 0 saturated heterocycles. The molecule has 0 aliphatic heterocycles. The van der Waals surface area contributed by atoms with Gasteiger partial charge in [0.1, 0.15) is 12.1 Å². The van der Waals surface area contributed by atoms with Gasteiger partial charge in [-0.1, -0.05) is 5.16 Å². The van der Waals surface area contributed by atoms with Crippen LogP contribution in [0.4, 0.5) is 0 Å². The van der Waals surface area contributed by atoms with Crippen LogP contribution in [-0.4, -0.2) is 33.0 Å². The molecular weight excluding hydrogens is 196 g/mol. The molecule has 0 saturated carbocycles. The lowest BCUT2D eigenvalue weighted by atomic mass is 10.3. The molecule has 1 amide bonds. The van der Waals surface area contributed by atoms with Crippen LogP contribution in [0.2, 0.25) is 0 Å². The molecule has 0 radical (unpaired) electrons. The first kappa shape index (κ1) is 9.45. The first-order chi connectivity index (χ1) is 7.27. The predicted molar refractivity (Wildman–Crippen MR) is 50.9 cm³/mol. The zero-order valence-corrected chi connectivity index (χ0v) is 8.17. The van der Waals surface area contributed by atoms with Crippen LogP contribution in [0, 0.1) is 0 Å². The minimum Gasteiger partial charge on any atom is -0.364 e. The zero-order valence-electron chi connectivity index (χ0n) is 8.17. The standard InChI is InChI=1S/C9H10N4O2/c1-13(6-8-10-3-4-11-8)9(14)7-2-5-15-12-7/h2-5H,6H2,1H3,(H,10,11). The van der Waals surface area contributed by atoms with Crippen molar-refractivity contribution in [1.82, 2.24) is 20.0 Å². The second-order valence-corrected chi connectivity index (χ2v) is 3.08. The monoisotopic (exact) mass is 206 g/mol. The Kier molecular flexibility index (Phi) is 2.49. The van der Waals surface area contributed by atoms with Crippen LogP contribution in [0.5, 0.6) is 0 Å². The Hall–Kier alpha value is -2.11. The van der Waals surface area contributed by atoms with Gasteiger partial charge in [0.25, 0.3) is 5.91 Å². The van der Waals surface area contributed by atoms with Gasteiger partial charge < -0.3 is 14.4 Å². The number of carbonyl (C=O) groups is 1. The molecular formula is C9H10N4O2. The summed E-state index contributed by atoms with van der Waals surface area (Å²) in [7, 11) is 1.68. The van der Waals surface area contributed by atoms with Gasteiger partial charge in [-0.15, -0.1) is 0 Å². The molecule has 2 heterocycles. The van der Waals surface area contributed by atoms with Gasteiger partial charge in [0.15, 0.2) is 5.69 Å². The van der Waals surface area contributed by atoms with Crippen LogP contribution in [0.15, 0.2) is 29.2 Å². The number of hydrogen-bond acceptors (Lipinski definition) is 4. The van der Waals surface area contributed by atoms with Gasteiger partial charge in [0, 0.05) is 25.5 Å². The summed E-state index contributed by atoms with van der Waals surface area (Å²) in [5.41, 5.74) is 0.295. The highest BCUT2D eigenvalue weighted by Crippen LogP contribution is 2.03. The number of nitrogens with one attached hydrogen (secondary N) is 1. The van der Waals surface area contributed by atoms with Gasteiger partial charge in [0.05, 0.1) is 6.54 Å². The van der Waals surface area contributed by atoms with Crippen molar-refractivity contribution in [3.8, 4) is 0 Å². The predicted octanol–water partition coefficient (Wildman–Crippen LogP) is 0.670. The number of rotatable bonds is 3. The largest absolute Gasteiger partial charge is 0.364 e. The number of aromatic amines is 1. The SMILES string of the molecule is CN(Cc1ncc[nH]1)C(=O)c1ccon1. The van der Waals surface area contributed by atoms with E-state index in [1.165, 1.54) is 17.2 Å². The van der Waals surface area contributed by atoms with Gasteiger partial charge in [-0.25, -0.2) is 4.98 Å². The van der Waals surface area contributed by atoms with E-state index in [-0.39, 0.29) is 5.91 Å². The molecule has 0 fully saturated rings. The quantitative estimate of drug-likeness (QED) is 0.800. The van der Waals surface area contributed by atoms with Crippen molar-refractivity contribution in [1.29, 1.82) is 0 Å². The van der Waals surface area contributed by atoms with Gasteiger partial charge in [-0.2, -0.15) is 0 Å². The van der Waals surface area contributed by atoms with Crippen molar-refractivity contribution in [2.24, 2.45) is 0 Å². The maximum atomic E-state index is 11.7. The number of H-pyrrole nitrogens is 1. The fourth-order valence-electron chi connectivity index (χ4n) is 1.20. The van der Waals surface area contributed by atoms with Crippen molar-refractivity contribution in [3.63, 3.8) is 0 Å². The highest BCUT2D eigenvalue weighted by atomic mass is 16.5. The molecule has 0 atom stereocenters. The third-order valence-electron chi connectivity index (χ3n) is 1.95. The second kappa shape index (κ2) is 3.95. The minimum atomic E-state index is -0.194. The Morgan fingerprint density at radius 3 is 3.13 bits per heavy atom. The molecule has 15 heavy (non-hydrogen) atoms. The summed E-state index contributed by atoms with van der Waals surface area (Å²) < 4.78 is 4.60. The van der Waals surface area contributed by atoms with Gasteiger partial charge in [-0.3, -0.25) is 4.79 Å². The lowest BCUT2D eigenvalue weighted by Crippen LogP contribution is -2.26. The minimum absolute atomic E-state index is 0.194.